The maximum atomic E-state index is 12.5. The molecule has 116 valence electrons. The third-order valence-corrected chi connectivity index (χ3v) is 5.00. The fourth-order valence-electron chi connectivity index (χ4n) is 2.48. The van der Waals surface area contributed by atoms with E-state index >= 15 is 0 Å². The van der Waals surface area contributed by atoms with E-state index in [2.05, 4.69) is 4.72 Å². The molecule has 3 rings (SSSR count). The molecular weight excluding hydrogens is 302 g/mol. The second-order valence-corrected chi connectivity index (χ2v) is 6.84. The van der Waals surface area contributed by atoms with Crippen LogP contribution in [0.15, 0.2) is 41.3 Å². The molecule has 1 heterocycles. The van der Waals surface area contributed by atoms with Gasteiger partial charge in [-0.15, -0.1) is 0 Å². The van der Waals surface area contributed by atoms with Gasteiger partial charge in [0.05, 0.1) is 18.6 Å². The molecule has 0 unspecified atom stereocenters. The lowest BCUT2D eigenvalue weighted by atomic mass is 10.1. The van der Waals surface area contributed by atoms with Crippen molar-refractivity contribution in [1.82, 2.24) is 0 Å². The Morgan fingerprint density at radius 1 is 1.18 bits per heavy atom. The number of fused-ring (bicyclic) bond motifs is 1. The van der Waals surface area contributed by atoms with E-state index in [-0.39, 0.29) is 4.90 Å². The maximum Gasteiger partial charge on any atom is 0.261 e. The topological polar surface area (TPSA) is 64.6 Å². The molecule has 5 nitrogen and oxygen atoms in total. The van der Waals surface area contributed by atoms with Crippen LogP contribution in [0.4, 0.5) is 5.69 Å². The second kappa shape index (κ2) is 5.53. The normalized spacial score (nSPS) is 13.4. The van der Waals surface area contributed by atoms with Crippen LogP contribution in [0.5, 0.6) is 11.5 Å². The average molecular weight is 319 g/mol. The van der Waals surface area contributed by atoms with Gasteiger partial charge in [-0.2, -0.15) is 0 Å². The zero-order chi connectivity index (χ0) is 15.7. The van der Waals surface area contributed by atoms with Crippen LogP contribution in [0.2, 0.25) is 0 Å². The van der Waals surface area contributed by atoms with Gasteiger partial charge in [-0.05, 0) is 54.4 Å². The standard InChI is InChI=1S/C16H17NO4S/c1-11-9-14(4-6-15(11)20-2)22(18,19)17-13-3-5-16-12(10-13)7-8-21-16/h3-6,9-10,17H,7-8H2,1-2H3. The summed E-state index contributed by atoms with van der Waals surface area (Å²) in [4.78, 5) is 0.211. The fourth-order valence-corrected chi connectivity index (χ4v) is 3.62. The van der Waals surface area contributed by atoms with Gasteiger partial charge in [0.1, 0.15) is 11.5 Å². The molecule has 2 aromatic rings. The van der Waals surface area contributed by atoms with Crippen molar-refractivity contribution in [2.45, 2.75) is 18.2 Å². The van der Waals surface area contributed by atoms with E-state index in [1.54, 1.807) is 31.4 Å². The minimum atomic E-state index is -3.62. The van der Waals surface area contributed by atoms with Crippen molar-refractivity contribution in [3.8, 4) is 11.5 Å². The minimum Gasteiger partial charge on any atom is -0.496 e. The highest BCUT2D eigenvalue weighted by atomic mass is 32.2. The Morgan fingerprint density at radius 3 is 2.73 bits per heavy atom. The lowest BCUT2D eigenvalue weighted by Crippen LogP contribution is -2.13. The molecule has 0 fully saturated rings. The van der Waals surface area contributed by atoms with Crippen molar-refractivity contribution < 1.29 is 17.9 Å². The Morgan fingerprint density at radius 2 is 2.00 bits per heavy atom. The Balaban J connectivity index is 1.89. The van der Waals surface area contributed by atoms with E-state index in [9.17, 15) is 8.42 Å². The fraction of sp³-hybridized carbons (Fsp3) is 0.250. The molecule has 0 aromatic heterocycles. The first-order valence-corrected chi connectivity index (χ1v) is 8.41. The highest BCUT2D eigenvalue weighted by Crippen LogP contribution is 2.29. The van der Waals surface area contributed by atoms with E-state index in [1.165, 1.54) is 6.07 Å². The maximum absolute atomic E-state index is 12.5. The van der Waals surface area contributed by atoms with Crippen molar-refractivity contribution >= 4 is 15.7 Å². The summed E-state index contributed by atoms with van der Waals surface area (Å²) in [6, 6.07) is 10.1. The first-order valence-electron chi connectivity index (χ1n) is 6.93. The Labute approximate surface area is 129 Å². The van der Waals surface area contributed by atoms with Crippen LogP contribution in [-0.4, -0.2) is 22.1 Å². The molecular formula is C16H17NO4S. The third kappa shape index (κ3) is 2.74. The zero-order valence-electron chi connectivity index (χ0n) is 12.4. The van der Waals surface area contributed by atoms with E-state index in [4.69, 9.17) is 9.47 Å². The summed E-state index contributed by atoms with van der Waals surface area (Å²) in [5.41, 5.74) is 2.33. The number of benzene rings is 2. The highest BCUT2D eigenvalue weighted by Gasteiger charge is 2.18. The predicted octanol–water partition coefficient (Wildman–Crippen LogP) is 2.74. The van der Waals surface area contributed by atoms with Crippen molar-refractivity contribution in [2.75, 3.05) is 18.4 Å². The van der Waals surface area contributed by atoms with Crippen molar-refractivity contribution in [3.05, 3.63) is 47.5 Å². The van der Waals surface area contributed by atoms with Gasteiger partial charge in [-0.25, -0.2) is 8.42 Å². The molecule has 1 N–H and O–H groups in total. The van der Waals surface area contributed by atoms with Crippen LogP contribution < -0.4 is 14.2 Å². The summed E-state index contributed by atoms with van der Waals surface area (Å²) in [6.07, 6.45) is 0.798. The number of ether oxygens (including phenoxy) is 2. The molecule has 6 heteroatoms. The number of rotatable bonds is 4. The molecule has 0 saturated heterocycles. The van der Waals surface area contributed by atoms with Crippen LogP contribution in [-0.2, 0) is 16.4 Å². The summed E-state index contributed by atoms with van der Waals surface area (Å²) in [6.45, 7) is 2.45. The molecule has 22 heavy (non-hydrogen) atoms. The summed E-state index contributed by atoms with van der Waals surface area (Å²) in [5.74, 6) is 1.48. The van der Waals surface area contributed by atoms with Gasteiger partial charge >= 0.3 is 0 Å². The summed E-state index contributed by atoms with van der Waals surface area (Å²) >= 11 is 0. The smallest absolute Gasteiger partial charge is 0.261 e. The number of nitrogens with one attached hydrogen (secondary N) is 1. The lowest BCUT2D eigenvalue weighted by molar-refractivity contribution is 0.357. The molecule has 0 radical (unpaired) electrons. The lowest BCUT2D eigenvalue weighted by Gasteiger charge is -2.11. The van der Waals surface area contributed by atoms with Gasteiger partial charge in [0, 0.05) is 12.1 Å². The van der Waals surface area contributed by atoms with Gasteiger partial charge < -0.3 is 9.47 Å². The van der Waals surface area contributed by atoms with Crippen molar-refractivity contribution in [2.24, 2.45) is 0 Å². The van der Waals surface area contributed by atoms with Crippen LogP contribution in [0.25, 0.3) is 0 Å². The van der Waals surface area contributed by atoms with Gasteiger partial charge in [0.25, 0.3) is 10.0 Å². The molecule has 0 saturated carbocycles. The van der Waals surface area contributed by atoms with E-state index in [1.807, 2.05) is 13.0 Å². The van der Waals surface area contributed by atoms with E-state index < -0.39 is 10.0 Å². The predicted molar refractivity (Wildman–Crippen MR) is 84.2 cm³/mol. The van der Waals surface area contributed by atoms with Crippen LogP contribution in [0.3, 0.4) is 0 Å². The quantitative estimate of drug-likeness (QED) is 0.941. The molecule has 0 aliphatic carbocycles. The van der Waals surface area contributed by atoms with E-state index in [0.717, 1.165) is 23.3 Å². The van der Waals surface area contributed by atoms with Crippen LogP contribution >= 0.6 is 0 Å². The van der Waals surface area contributed by atoms with E-state index in [0.29, 0.717) is 18.0 Å². The number of hydrogen-bond acceptors (Lipinski definition) is 4. The molecule has 0 spiro atoms. The molecule has 0 amide bonds. The number of sulfonamides is 1. The second-order valence-electron chi connectivity index (χ2n) is 5.16. The van der Waals surface area contributed by atoms with Gasteiger partial charge in [-0.3, -0.25) is 4.72 Å². The summed E-state index contributed by atoms with van der Waals surface area (Å²) < 4.78 is 38.1. The monoisotopic (exact) mass is 319 g/mol. The molecule has 0 atom stereocenters. The Hall–Kier alpha value is -2.21. The van der Waals surface area contributed by atoms with Gasteiger partial charge in [-0.1, -0.05) is 0 Å². The van der Waals surface area contributed by atoms with Crippen molar-refractivity contribution in [1.29, 1.82) is 0 Å². The zero-order valence-corrected chi connectivity index (χ0v) is 13.2. The first kappa shape index (κ1) is 14.7. The SMILES string of the molecule is COc1ccc(S(=O)(=O)Nc2ccc3c(c2)CCO3)cc1C. The summed E-state index contributed by atoms with van der Waals surface area (Å²) in [7, 11) is -2.07. The number of methoxy groups -OCH3 is 1. The Bertz CT molecular complexity index is 815. The van der Waals surface area contributed by atoms with Crippen LogP contribution in [0.1, 0.15) is 11.1 Å². The number of aryl methyl sites for hydroxylation is 1. The highest BCUT2D eigenvalue weighted by molar-refractivity contribution is 7.92. The largest absolute Gasteiger partial charge is 0.496 e. The van der Waals surface area contributed by atoms with Crippen LogP contribution in [0, 0.1) is 6.92 Å². The summed E-state index contributed by atoms with van der Waals surface area (Å²) in [5, 5.41) is 0. The molecule has 1 aliphatic heterocycles. The number of hydrogen-bond donors (Lipinski definition) is 1. The molecule has 0 bridgehead atoms. The average Bonchev–Trinajstić information content (AvgIpc) is 2.94. The third-order valence-electron chi connectivity index (χ3n) is 3.62. The number of anilines is 1. The minimum absolute atomic E-state index is 0.211. The van der Waals surface area contributed by atoms with Crippen molar-refractivity contribution in [3.63, 3.8) is 0 Å². The van der Waals surface area contributed by atoms with Gasteiger partial charge in [0.15, 0.2) is 0 Å². The first-order chi connectivity index (χ1) is 10.5. The molecule has 2 aromatic carbocycles. The van der Waals surface area contributed by atoms with Gasteiger partial charge in [0.2, 0.25) is 0 Å². The Kier molecular flexibility index (Phi) is 3.70. The molecule has 1 aliphatic rings.